The van der Waals surface area contributed by atoms with Crippen molar-refractivity contribution in [1.82, 2.24) is 29.6 Å². The van der Waals surface area contributed by atoms with Crippen LogP contribution in [0.25, 0.3) is 5.65 Å². The van der Waals surface area contributed by atoms with Gasteiger partial charge in [0.05, 0.1) is 5.69 Å². The predicted molar refractivity (Wildman–Crippen MR) is 96.8 cm³/mol. The zero-order valence-electron chi connectivity index (χ0n) is 14.8. The van der Waals surface area contributed by atoms with Gasteiger partial charge in [-0.25, -0.2) is 4.68 Å². The molecule has 0 amide bonds. The van der Waals surface area contributed by atoms with Crippen molar-refractivity contribution < 1.29 is 9.47 Å². The van der Waals surface area contributed by atoms with E-state index in [1.807, 2.05) is 47.1 Å². The third-order valence-electron chi connectivity index (χ3n) is 4.73. The smallest absolute Gasteiger partial charge is 0.231 e. The molecule has 0 saturated heterocycles. The Kier molecular flexibility index (Phi) is 3.74. The average molecular weight is 362 g/mol. The SMILES string of the molecule is C[C@H](Cc1ccc2c(c1)OCO2)c1cn(Cc2nnc3ccccn23)nn1. The molecule has 0 radical (unpaired) electrons. The molecule has 0 spiro atoms. The number of pyridine rings is 1. The summed E-state index contributed by atoms with van der Waals surface area (Å²) in [5.41, 5.74) is 2.95. The van der Waals surface area contributed by atoms with Gasteiger partial charge in [-0.2, -0.15) is 0 Å². The van der Waals surface area contributed by atoms with Gasteiger partial charge in [-0.3, -0.25) is 4.40 Å². The first-order valence-electron chi connectivity index (χ1n) is 8.83. The molecule has 1 atom stereocenters. The molecular formula is C19H18N6O2. The quantitative estimate of drug-likeness (QED) is 0.543. The van der Waals surface area contributed by atoms with E-state index in [9.17, 15) is 0 Å². The Labute approximate surface area is 155 Å². The summed E-state index contributed by atoms with van der Waals surface area (Å²) >= 11 is 0. The predicted octanol–water partition coefficient (Wildman–Crippen LogP) is 2.44. The van der Waals surface area contributed by atoms with Gasteiger partial charge >= 0.3 is 0 Å². The molecule has 1 aromatic carbocycles. The van der Waals surface area contributed by atoms with E-state index in [2.05, 4.69) is 33.5 Å². The largest absolute Gasteiger partial charge is 0.454 e. The van der Waals surface area contributed by atoms with Gasteiger partial charge in [-0.05, 0) is 36.2 Å². The van der Waals surface area contributed by atoms with Crippen molar-refractivity contribution in [2.75, 3.05) is 6.79 Å². The molecule has 0 saturated carbocycles. The van der Waals surface area contributed by atoms with Crippen LogP contribution in [-0.2, 0) is 13.0 Å². The first kappa shape index (κ1) is 15.8. The number of aromatic nitrogens is 6. The Morgan fingerprint density at radius 2 is 2.00 bits per heavy atom. The van der Waals surface area contributed by atoms with Crippen LogP contribution >= 0.6 is 0 Å². The number of benzene rings is 1. The molecular weight excluding hydrogens is 344 g/mol. The highest BCUT2D eigenvalue weighted by atomic mass is 16.7. The summed E-state index contributed by atoms with van der Waals surface area (Å²) in [5, 5.41) is 17.0. The van der Waals surface area contributed by atoms with E-state index in [1.54, 1.807) is 4.68 Å². The number of nitrogens with zero attached hydrogens (tertiary/aromatic N) is 6. The highest BCUT2D eigenvalue weighted by Crippen LogP contribution is 2.33. The highest BCUT2D eigenvalue weighted by molar-refractivity contribution is 5.44. The molecule has 1 aliphatic heterocycles. The maximum Gasteiger partial charge on any atom is 0.231 e. The van der Waals surface area contributed by atoms with Crippen molar-refractivity contribution in [1.29, 1.82) is 0 Å². The lowest BCUT2D eigenvalue weighted by Gasteiger charge is -2.08. The molecule has 0 fully saturated rings. The summed E-state index contributed by atoms with van der Waals surface area (Å²) in [6.07, 6.45) is 4.77. The zero-order valence-corrected chi connectivity index (χ0v) is 14.8. The third-order valence-corrected chi connectivity index (χ3v) is 4.73. The van der Waals surface area contributed by atoms with E-state index < -0.39 is 0 Å². The summed E-state index contributed by atoms with van der Waals surface area (Å²) in [5.74, 6) is 2.67. The van der Waals surface area contributed by atoms with Crippen LogP contribution in [0.4, 0.5) is 0 Å². The molecule has 4 aromatic rings. The molecule has 8 nitrogen and oxygen atoms in total. The Hall–Kier alpha value is -3.42. The summed E-state index contributed by atoms with van der Waals surface area (Å²) in [6, 6.07) is 11.9. The van der Waals surface area contributed by atoms with Crippen molar-refractivity contribution in [3.05, 3.63) is 65.9 Å². The monoisotopic (exact) mass is 362 g/mol. The maximum absolute atomic E-state index is 5.45. The van der Waals surface area contributed by atoms with Crippen molar-refractivity contribution in [3.63, 3.8) is 0 Å². The van der Waals surface area contributed by atoms with Gasteiger partial charge in [0.2, 0.25) is 6.79 Å². The van der Waals surface area contributed by atoms with Crippen molar-refractivity contribution in [3.8, 4) is 11.5 Å². The lowest BCUT2D eigenvalue weighted by atomic mass is 9.98. The van der Waals surface area contributed by atoms with E-state index >= 15 is 0 Å². The molecule has 4 heterocycles. The van der Waals surface area contributed by atoms with E-state index in [1.165, 1.54) is 5.56 Å². The molecule has 5 rings (SSSR count). The van der Waals surface area contributed by atoms with Crippen LogP contribution in [0, 0.1) is 0 Å². The molecule has 3 aromatic heterocycles. The second kappa shape index (κ2) is 6.39. The van der Waals surface area contributed by atoms with Crippen molar-refractivity contribution in [2.45, 2.75) is 25.8 Å². The second-order valence-electron chi connectivity index (χ2n) is 6.68. The van der Waals surface area contributed by atoms with E-state index in [4.69, 9.17) is 9.47 Å². The normalized spacial score (nSPS) is 14.0. The van der Waals surface area contributed by atoms with Crippen molar-refractivity contribution >= 4 is 5.65 Å². The number of hydrogen-bond acceptors (Lipinski definition) is 6. The van der Waals surface area contributed by atoms with Crippen molar-refractivity contribution in [2.24, 2.45) is 0 Å². The highest BCUT2D eigenvalue weighted by Gasteiger charge is 2.17. The summed E-state index contributed by atoms with van der Waals surface area (Å²) in [7, 11) is 0. The number of fused-ring (bicyclic) bond motifs is 2. The molecule has 8 heteroatoms. The second-order valence-corrected chi connectivity index (χ2v) is 6.68. The fraction of sp³-hybridized carbons (Fsp3) is 0.263. The Bertz CT molecular complexity index is 1100. The van der Waals surface area contributed by atoms with Gasteiger partial charge in [0.25, 0.3) is 0 Å². The molecule has 0 aliphatic carbocycles. The van der Waals surface area contributed by atoms with E-state index in [0.29, 0.717) is 13.3 Å². The summed E-state index contributed by atoms with van der Waals surface area (Å²) in [4.78, 5) is 0. The molecule has 27 heavy (non-hydrogen) atoms. The minimum Gasteiger partial charge on any atom is -0.454 e. The molecule has 0 unspecified atom stereocenters. The van der Waals surface area contributed by atoms with Gasteiger partial charge in [0.15, 0.2) is 23.0 Å². The van der Waals surface area contributed by atoms with Crippen LogP contribution in [0.3, 0.4) is 0 Å². The van der Waals surface area contributed by atoms with Gasteiger partial charge in [0.1, 0.15) is 6.54 Å². The van der Waals surface area contributed by atoms with Gasteiger partial charge in [-0.15, -0.1) is 15.3 Å². The van der Waals surface area contributed by atoms with Crippen LogP contribution in [0.5, 0.6) is 11.5 Å². The van der Waals surface area contributed by atoms with Gasteiger partial charge < -0.3 is 9.47 Å². The Balaban J connectivity index is 1.31. The van der Waals surface area contributed by atoms with Crippen LogP contribution in [-0.4, -0.2) is 36.4 Å². The third kappa shape index (κ3) is 2.99. The molecule has 0 bridgehead atoms. The molecule has 136 valence electrons. The van der Waals surface area contributed by atoms with E-state index in [-0.39, 0.29) is 5.92 Å². The average Bonchev–Trinajstić information content (AvgIpc) is 3.42. The van der Waals surface area contributed by atoms with Crippen LogP contribution in [0.15, 0.2) is 48.8 Å². The Morgan fingerprint density at radius 3 is 2.96 bits per heavy atom. The molecule has 1 aliphatic rings. The lowest BCUT2D eigenvalue weighted by molar-refractivity contribution is 0.174. The van der Waals surface area contributed by atoms with Gasteiger partial charge in [0, 0.05) is 18.3 Å². The minimum absolute atomic E-state index is 0.231. The fourth-order valence-electron chi connectivity index (χ4n) is 3.29. The zero-order chi connectivity index (χ0) is 18.2. The number of hydrogen-bond donors (Lipinski definition) is 0. The van der Waals surface area contributed by atoms with Gasteiger partial charge in [-0.1, -0.05) is 24.3 Å². The minimum atomic E-state index is 0.231. The topological polar surface area (TPSA) is 79.4 Å². The molecule has 0 N–H and O–H groups in total. The van der Waals surface area contributed by atoms with Crippen LogP contribution < -0.4 is 9.47 Å². The Morgan fingerprint density at radius 1 is 1.07 bits per heavy atom. The lowest BCUT2D eigenvalue weighted by Crippen LogP contribution is -2.05. The number of ether oxygens (including phenoxy) is 2. The maximum atomic E-state index is 5.45. The summed E-state index contributed by atoms with van der Waals surface area (Å²) in [6.45, 7) is 2.96. The first-order valence-corrected chi connectivity index (χ1v) is 8.83. The van der Waals surface area contributed by atoms with Crippen LogP contribution in [0.1, 0.15) is 29.9 Å². The number of rotatable bonds is 5. The first-order chi connectivity index (χ1) is 13.3. The standard InChI is InChI=1S/C19H18N6O2/c1-13(8-14-5-6-16-17(9-14)27-12-26-16)15-10-24(23-20-15)11-19-22-21-18-4-2-3-7-25(18)19/h2-7,9-10,13H,8,11-12H2,1H3/t13-/m1/s1. The van der Waals surface area contributed by atoms with Crippen LogP contribution in [0.2, 0.25) is 0 Å². The summed E-state index contributed by atoms with van der Waals surface area (Å²) < 4.78 is 14.6. The van der Waals surface area contributed by atoms with E-state index in [0.717, 1.165) is 35.1 Å². The fourth-order valence-corrected chi connectivity index (χ4v) is 3.29.